The zero-order valence-electron chi connectivity index (χ0n) is 11.8. The summed E-state index contributed by atoms with van der Waals surface area (Å²) in [4.78, 5) is 35.0. The topological polar surface area (TPSA) is 76.1 Å². The standard InChI is InChI=1S/C9H9NO.C6H9NO2/c1-8(11)2-3-9-4-6-10-7-5-9;1-4(5(2)8)7-6(3)9/h2-7H,1H3;1H2,2-3H3,(H,7,9)/b3-2+;. The van der Waals surface area contributed by atoms with Crippen LogP contribution in [0.15, 0.2) is 42.9 Å². The number of nitrogens with zero attached hydrogens (tertiary/aromatic N) is 1. The molecule has 0 aliphatic carbocycles. The molecule has 5 heteroatoms. The molecule has 0 aliphatic heterocycles. The van der Waals surface area contributed by atoms with Crippen LogP contribution in [-0.2, 0) is 14.4 Å². The van der Waals surface area contributed by atoms with Crippen LogP contribution in [0, 0.1) is 0 Å². The van der Waals surface area contributed by atoms with Gasteiger partial charge in [0, 0.05) is 26.2 Å². The minimum absolute atomic E-state index is 0.0572. The number of carbonyl (C=O) groups is 3. The fourth-order valence-corrected chi connectivity index (χ4v) is 0.989. The Balaban J connectivity index is 0.000000370. The first-order valence-electron chi connectivity index (χ1n) is 5.89. The fourth-order valence-electron chi connectivity index (χ4n) is 0.989. The molecule has 0 fully saturated rings. The second-order valence-electron chi connectivity index (χ2n) is 3.94. The van der Waals surface area contributed by atoms with Gasteiger partial charge in [0.25, 0.3) is 0 Å². The number of aromatic nitrogens is 1. The number of nitrogens with one attached hydrogen (secondary N) is 1. The molecule has 1 aromatic rings. The van der Waals surface area contributed by atoms with Gasteiger partial charge < -0.3 is 5.32 Å². The molecule has 0 saturated carbocycles. The van der Waals surface area contributed by atoms with E-state index in [0.29, 0.717) is 0 Å². The van der Waals surface area contributed by atoms with Crippen LogP contribution in [0.1, 0.15) is 26.3 Å². The van der Waals surface area contributed by atoms with Gasteiger partial charge in [-0.3, -0.25) is 19.4 Å². The average molecular weight is 274 g/mol. The zero-order chi connectivity index (χ0) is 15.5. The minimum atomic E-state index is -0.268. The van der Waals surface area contributed by atoms with Crippen LogP contribution in [0.5, 0.6) is 0 Å². The lowest BCUT2D eigenvalue weighted by Gasteiger charge is -1.98. The van der Waals surface area contributed by atoms with E-state index in [9.17, 15) is 14.4 Å². The molecule has 1 heterocycles. The van der Waals surface area contributed by atoms with Gasteiger partial charge in [0.05, 0.1) is 5.70 Å². The molecule has 0 aromatic carbocycles. The fraction of sp³-hybridized carbons (Fsp3) is 0.200. The van der Waals surface area contributed by atoms with Gasteiger partial charge in [-0.2, -0.15) is 0 Å². The van der Waals surface area contributed by atoms with Crippen molar-refractivity contribution >= 4 is 23.5 Å². The Morgan fingerprint density at radius 3 is 2.05 bits per heavy atom. The highest BCUT2D eigenvalue weighted by Gasteiger charge is 1.99. The van der Waals surface area contributed by atoms with Crippen molar-refractivity contribution in [2.75, 3.05) is 0 Å². The van der Waals surface area contributed by atoms with E-state index in [1.807, 2.05) is 12.1 Å². The molecule has 0 spiro atoms. The highest BCUT2D eigenvalue weighted by Crippen LogP contribution is 1.98. The molecule has 5 nitrogen and oxygen atoms in total. The molecule has 1 amide bonds. The summed E-state index contributed by atoms with van der Waals surface area (Å²) < 4.78 is 0. The minimum Gasteiger partial charge on any atom is -0.324 e. The van der Waals surface area contributed by atoms with Gasteiger partial charge in [-0.15, -0.1) is 0 Å². The molecule has 0 bridgehead atoms. The third kappa shape index (κ3) is 9.47. The van der Waals surface area contributed by atoms with Gasteiger partial charge in [0.15, 0.2) is 11.6 Å². The third-order valence-electron chi connectivity index (χ3n) is 1.97. The number of allylic oxidation sites excluding steroid dienone is 2. The first kappa shape index (κ1) is 17.4. The van der Waals surface area contributed by atoms with Crippen LogP contribution >= 0.6 is 0 Å². The molecule has 0 saturated heterocycles. The van der Waals surface area contributed by atoms with Gasteiger partial charge in [0.2, 0.25) is 5.91 Å². The van der Waals surface area contributed by atoms with Crippen LogP contribution < -0.4 is 5.32 Å². The molecule has 1 N–H and O–H groups in total. The lowest BCUT2D eigenvalue weighted by Crippen LogP contribution is -2.22. The van der Waals surface area contributed by atoms with Crippen LogP contribution in [0.4, 0.5) is 0 Å². The van der Waals surface area contributed by atoms with E-state index in [1.54, 1.807) is 18.5 Å². The molecular weight excluding hydrogens is 256 g/mol. The molecule has 0 unspecified atom stereocenters. The Bertz CT molecular complexity index is 519. The number of ketones is 2. The van der Waals surface area contributed by atoms with Crippen molar-refractivity contribution in [1.29, 1.82) is 0 Å². The number of amides is 1. The lowest BCUT2D eigenvalue weighted by molar-refractivity contribution is -0.120. The number of pyridine rings is 1. The normalized spacial score (nSPS) is 9.35. The third-order valence-corrected chi connectivity index (χ3v) is 1.97. The van der Waals surface area contributed by atoms with Crippen molar-refractivity contribution in [3.8, 4) is 0 Å². The van der Waals surface area contributed by atoms with Crippen LogP contribution in [0.3, 0.4) is 0 Å². The summed E-state index contributed by atoms with van der Waals surface area (Å²) in [6, 6.07) is 3.69. The number of hydrogen-bond acceptors (Lipinski definition) is 4. The van der Waals surface area contributed by atoms with Crippen molar-refractivity contribution in [2.24, 2.45) is 0 Å². The highest BCUT2D eigenvalue weighted by molar-refractivity contribution is 5.96. The maximum absolute atomic E-state index is 10.5. The maximum atomic E-state index is 10.5. The van der Waals surface area contributed by atoms with E-state index in [1.165, 1.54) is 26.8 Å². The summed E-state index contributed by atoms with van der Waals surface area (Å²) in [6.07, 6.45) is 6.69. The second kappa shape index (κ2) is 9.38. The number of Topliss-reactive ketones (excluding diaryl/α,β-unsaturated/α-hetero) is 1. The van der Waals surface area contributed by atoms with Gasteiger partial charge in [-0.25, -0.2) is 0 Å². The van der Waals surface area contributed by atoms with Crippen molar-refractivity contribution in [3.63, 3.8) is 0 Å². The molecule has 0 atom stereocenters. The maximum Gasteiger partial charge on any atom is 0.221 e. The van der Waals surface area contributed by atoms with E-state index in [4.69, 9.17) is 0 Å². The van der Waals surface area contributed by atoms with Crippen LogP contribution in [-0.4, -0.2) is 22.5 Å². The van der Waals surface area contributed by atoms with Gasteiger partial charge in [-0.05, 0) is 30.7 Å². The predicted octanol–water partition coefficient (Wildman–Crippen LogP) is 1.91. The summed E-state index contributed by atoms with van der Waals surface area (Å²) in [6.45, 7) is 7.51. The SMILES string of the molecule is C=C(NC(C)=O)C(C)=O.CC(=O)/C=C/c1ccncc1. The van der Waals surface area contributed by atoms with E-state index in [0.717, 1.165) is 5.56 Å². The summed E-state index contributed by atoms with van der Waals surface area (Å²) in [5.41, 5.74) is 1.14. The van der Waals surface area contributed by atoms with Crippen molar-refractivity contribution in [3.05, 3.63) is 48.4 Å². The Hall–Kier alpha value is -2.56. The predicted molar refractivity (Wildman–Crippen MR) is 77.6 cm³/mol. The van der Waals surface area contributed by atoms with Crippen molar-refractivity contribution in [1.82, 2.24) is 10.3 Å². The molecule has 20 heavy (non-hydrogen) atoms. The summed E-state index contributed by atoms with van der Waals surface area (Å²) in [7, 11) is 0. The van der Waals surface area contributed by atoms with Gasteiger partial charge in [0.1, 0.15) is 0 Å². The average Bonchev–Trinajstić information content (AvgIpc) is 2.37. The molecular formula is C15H18N2O3. The Labute approximate surface area is 118 Å². The Kier molecular flexibility index (Phi) is 8.18. The number of hydrogen-bond donors (Lipinski definition) is 1. The molecule has 106 valence electrons. The first-order chi connectivity index (χ1) is 9.32. The monoisotopic (exact) mass is 274 g/mol. The summed E-state index contributed by atoms with van der Waals surface area (Å²) >= 11 is 0. The molecule has 0 aliphatic rings. The van der Waals surface area contributed by atoms with E-state index in [-0.39, 0.29) is 23.2 Å². The first-order valence-corrected chi connectivity index (χ1v) is 5.89. The largest absolute Gasteiger partial charge is 0.324 e. The number of rotatable bonds is 4. The van der Waals surface area contributed by atoms with Gasteiger partial charge >= 0.3 is 0 Å². The van der Waals surface area contributed by atoms with Crippen molar-refractivity contribution in [2.45, 2.75) is 20.8 Å². The molecule has 1 rings (SSSR count). The summed E-state index contributed by atoms with van der Waals surface area (Å²) in [5, 5.41) is 2.26. The Morgan fingerprint density at radius 2 is 1.70 bits per heavy atom. The second-order valence-corrected chi connectivity index (χ2v) is 3.94. The van der Waals surface area contributed by atoms with Gasteiger partial charge in [-0.1, -0.05) is 12.7 Å². The molecule has 0 radical (unpaired) electrons. The zero-order valence-corrected chi connectivity index (χ0v) is 11.8. The smallest absolute Gasteiger partial charge is 0.221 e. The molecule has 1 aromatic heterocycles. The quantitative estimate of drug-likeness (QED) is 0.851. The van der Waals surface area contributed by atoms with E-state index in [2.05, 4.69) is 16.9 Å². The number of carbonyl (C=O) groups excluding carboxylic acids is 3. The van der Waals surface area contributed by atoms with E-state index >= 15 is 0 Å². The highest BCUT2D eigenvalue weighted by atomic mass is 16.2. The van der Waals surface area contributed by atoms with Crippen LogP contribution in [0.2, 0.25) is 0 Å². The lowest BCUT2D eigenvalue weighted by atomic mass is 10.2. The van der Waals surface area contributed by atoms with Crippen molar-refractivity contribution < 1.29 is 14.4 Å². The Morgan fingerprint density at radius 1 is 1.15 bits per heavy atom. The van der Waals surface area contributed by atoms with Crippen LogP contribution in [0.25, 0.3) is 6.08 Å². The summed E-state index contributed by atoms with van der Waals surface area (Å²) in [5.74, 6) is -0.429. The van der Waals surface area contributed by atoms with E-state index < -0.39 is 0 Å².